The SMILES string of the molecule is C=CC(=O)NC.CCC[N+](C)(C)C.Cl.[Cl-]. The van der Waals surface area contributed by atoms with Crippen molar-refractivity contribution in [3.63, 3.8) is 0 Å². The van der Waals surface area contributed by atoms with Gasteiger partial charge in [0, 0.05) is 7.05 Å². The smallest absolute Gasteiger partial charge is 0.243 e. The minimum atomic E-state index is -0.144. The Kier molecular flexibility index (Phi) is 22.1. The van der Waals surface area contributed by atoms with E-state index in [0.717, 1.165) is 4.48 Å². The second kappa shape index (κ2) is 13.8. The Balaban J connectivity index is -0.0000000718. The third-order valence-corrected chi connectivity index (χ3v) is 1.33. The van der Waals surface area contributed by atoms with Crippen LogP contribution in [0.15, 0.2) is 12.7 Å². The third kappa shape index (κ3) is 31.6. The molecule has 1 N–H and O–H groups in total. The predicted octanol–water partition coefficient (Wildman–Crippen LogP) is -1.55. The largest absolute Gasteiger partial charge is 1.00 e. The van der Waals surface area contributed by atoms with Crippen molar-refractivity contribution in [1.29, 1.82) is 0 Å². The van der Waals surface area contributed by atoms with Gasteiger partial charge >= 0.3 is 0 Å². The fraction of sp³-hybridized carbons (Fsp3) is 0.700. The lowest BCUT2D eigenvalue weighted by molar-refractivity contribution is -0.870. The monoisotopic (exact) mass is 258 g/mol. The Morgan fingerprint density at radius 1 is 1.40 bits per heavy atom. The summed E-state index contributed by atoms with van der Waals surface area (Å²) >= 11 is 0. The van der Waals surface area contributed by atoms with Crippen LogP contribution in [0.3, 0.4) is 0 Å². The maximum absolute atomic E-state index is 9.95. The zero-order valence-electron chi connectivity index (χ0n) is 10.3. The highest BCUT2D eigenvalue weighted by Crippen LogP contribution is 1.90. The highest BCUT2D eigenvalue weighted by Gasteiger charge is 2.01. The third-order valence-electron chi connectivity index (χ3n) is 1.33. The van der Waals surface area contributed by atoms with E-state index >= 15 is 0 Å². The van der Waals surface area contributed by atoms with Crippen LogP contribution < -0.4 is 17.7 Å². The molecule has 15 heavy (non-hydrogen) atoms. The summed E-state index contributed by atoms with van der Waals surface area (Å²) in [7, 11) is 8.19. The van der Waals surface area contributed by atoms with E-state index in [0.29, 0.717) is 0 Å². The minimum absolute atomic E-state index is 0. The topological polar surface area (TPSA) is 29.1 Å². The molecule has 0 fully saturated rings. The highest BCUT2D eigenvalue weighted by atomic mass is 35.5. The van der Waals surface area contributed by atoms with E-state index in [1.165, 1.54) is 19.0 Å². The molecule has 0 aliphatic carbocycles. The molecule has 3 nitrogen and oxygen atoms in total. The number of amides is 1. The molecule has 0 unspecified atom stereocenters. The van der Waals surface area contributed by atoms with E-state index in [9.17, 15) is 4.79 Å². The van der Waals surface area contributed by atoms with E-state index < -0.39 is 0 Å². The van der Waals surface area contributed by atoms with Crippen LogP contribution in [0.4, 0.5) is 0 Å². The number of likely N-dealkylation sites (N-methyl/N-ethyl adjacent to an activating group) is 1. The molecule has 0 bridgehead atoms. The molecule has 0 aromatic rings. The molecule has 0 aliphatic heterocycles. The molecule has 0 heterocycles. The van der Waals surface area contributed by atoms with Crippen molar-refractivity contribution < 1.29 is 21.7 Å². The van der Waals surface area contributed by atoms with Gasteiger partial charge in [-0.3, -0.25) is 4.79 Å². The van der Waals surface area contributed by atoms with Crippen LogP contribution in [0, 0.1) is 0 Å². The van der Waals surface area contributed by atoms with Gasteiger partial charge in [-0.2, -0.15) is 0 Å². The summed E-state index contributed by atoms with van der Waals surface area (Å²) in [5.41, 5.74) is 0. The Hall–Kier alpha value is -0.250. The molecular weight excluding hydrogens is 235 g/mol. The lowest BCUT2D eigenvalue weighted by Gasteiger charge is -2.22. The maximum Gasteiger partial charge on any atom is 0.243 e. The average molecular weight is 259 g/mol. The molecule has 0 spiro atoms. The first kappa shape index (κ1) is 24.1. The predicted molar refractivity (Wildman–Crippen MR) is 64.7 cm³/mol. The molecule has 5 heteroatoms. The quantitative estimate of drug-likeness (QED) is 0.482. The standard InChI is InChI=1S/C6H16N.C4H7NO.2ClH/c1-5-6-7(2,3)4;1-3-4(6)5-2;;/h5-6H2,1-4H3;3H,1H2,2H3,(H,5,6);2*1H/q+1;;;/p-1. The van der Waals surface area contributed by atoms with E-state index in [-0.39, 0.29) is 30.7 Å². The lowest BCUT2D eigenvalue weighted by Crippen LogP contribution is -3.00. The van der Waals surface area contributed by atoms with Gasteiger partial charge in [-0.1, -0.05) is 13.5 Å². The fourth-order valence-electron chi connectivity index (χ4n) is 0.773. The molecule has 0 saturated carbocycles. The van der Waals surface area contributed by atoms with Crippen LogP contribution in [0.1, 0.15) is 13.3 Å². The number of hydrogen-bond acceptors (Lipinski definition) is 1. The zero-order chi connectivity index (χ0) is 10.9. The molecule has 0 radical (unpaired) electrons. The molecule has 0 atom stereocenters. The first-order chi connectivity index (χ1) is 5.87. The summed E-state index contributed by atoms with van der Waals surface area (Å²) in [6, 6.07) is 0. The highest BCUT2D eigenvalue weighted by molar-refractivity contribution is 5.86. The number of nitrogens with one attached hydrogen (secondary N) is 1. The molecule has 0 aromatic carbocycles. The molecule has 0 saturated heterocycles. The number of hydrogen-bond donors (Lipinski definition) is 1. The second-order valence-corrected chi connectivity index (χ2v) is 3.83. The summed E-state index contributed by atoms with van der Waals surface area (Å²) in [6.45, 7) is 6.71. The summed E-state index contributed by atoms with van der Waals surface area (Å²) in [5, 5.41) is 2.36. The van der Waals surface area contributed by atoms with Crippen molar-refractivity contribution in [2.75, 3.05) is 34.7 Å². The fourth-order valence-corrected chi connectivity index (χ4v) is 0.773. The van der Waals surface area contributed by atoms with Crippen LogP contribution in [0.5, 0.6) is 0 Å². The molecular formula is C10H24Cl2N2O. The van der Waals surface area contributed by atoms with Crippen LogP contribution in [0.2, 0.25) is 0 Å². The average Bonchev–Trinajstić information content (AvgIpc) is 2.02. The van der Waals surface area contributed by atoms with Crippen molar-refractivity contribution in [3.05, 3.63) is 12.7 Å². The van der Waals surface area contributed by atoms with Crippen molar-refractivity contribution in [3.8, 4) is 0 Å². The molecule has 0 rings (SSSR count). The Labute approximate surface area is 106 Å². The van der Waals surface area contributed by atoms with Gasteiger partial charge in [-0.25, -0.2) is 0 Å². The van der Waals surface area contributed by atoms with Crippen molar-refractivity contribution in [2.24, 2.45) is 0 Å². The van der Waals surface area contributed by atoms with Gasteiger partial charge in [0.15, 0.2) is 0 Å². The van der Waals surface area contributed by atoms with Crippen molar-refractivity contribution >= 4 is 18.3 Å². The Bertz CT molecular complexity index is 156. The number of halogens is 2. The normalized spacial score (nSPS) is 8.33. The number of carbonyl (C=O) groups is 1. The van der Waals surface area contributed by atoms with Gasteiger partial charge in [-0.05, 0) is 12.5 Å². The van der Waals surface area contributed by atoms with Gasteiger partial charge in [0.2, 0.25) is 5.91 Å². The van der Waals surface area contributed by atoms with Crippen LogP contribution in [-0.2, 0) is 4.79 Å². The summed E-state index contributed by atoms with van der Waals surface area (Å²) in [4.78, 5) is 9.95. The first-order valence-electron chi connectivity index (χ1n) is 4.52. The second-order valence-electron chi connectivity index (χ2n) is 3.83. The summed E-state index contributed by atoms with van der Waals surface area (Å²) in [5.74, 6) is -0.144. The molecule has 0 aliphatic rings. The minimum Gasteiger partial charge on any atom is -1.00 e. The number of rotatable bonds is 3. The van der Waals surface area contributed by atoms with Gasteiger partial charge in [0.05, 0.1) is 27.7 Å². The zero-order valence-corrected chi connectivity index (χ0v) is 11.9. The lowest BCUT2D eigenvalue weighted by atomic mass is 10.4. The van der Waals surface area contributed by atoms with E-state index in [1.807, 2.05) is 0 Å². The van der Waals surface area contributed by atoms with E-state index in [4.69, 9.17) is 0 Å². The number of nitrogens with zero attached hydrogens (tertiary/aromatic N) is 1. The van der Waals surface area contributed by atoms with Gasteiger partial charge in [0.1, 0.15) is 0 Å². The summed E-state index contributed by atoms with van der Waals surface area (Å²) in [6.07, 6.45) is 2.50. The first-order valence-corrected chi connectivity index (χ1v) is 4.52. The van der Waals surface area contributed by atoms with Crippen molar-refractivity contribution in [2.45, 2.75) is 13.3 Å². The van der Waals surface area contributed by atoms with Crippen LogP contribution in [0.25, 0.3) is 0 Å². The van der Waals surface area contributed by atoms with Crippen LogP contribution in [-0.4, -0.2) is 45.1 Å². The van der Waals surface area contributed by atoms with E-state index in [2.05, 4.69) is 40.0 Å². The number of carbonyl (C=O) groups excluding carboxylic acids is 1. The van der Waals surface area contributed by atoms with Gasteiger partial charge < -0.3 is 22.2 Å². The Morgan fingerprint density at radius 3 is 1.80 bits per heavy atom. The van der Waals surface area contributed by atoms with Crippen LogP contribution >= 0.6 is 12.4 Å². The molecule has 1 amide bonds. The van der Waals surface area contributed by atoms with Gasteiger partial charge in [-0.15, -0.1) is 12.4 Å². The molecule has 0 aromatic heterocycles. The molecule has 94 valence electrons. The van der Waals surface area contributed by atoms with Crippen molar-refractivity contribution in [1.82, 2.24) is 5.32 Å². The van der Waals surface area contributed by atoms with Gasteiger partial charge in [0.25, 0.3) is 0 Å². The number of quaternary nitrogens is 1. The summed E-state index contributed by atoms with van der Waals surface area (Å²) < 4.78 is 1.09. The Morgan fingerprint density at radius 2 is 1.80 bits per heavy atom. The maximum atomic E-state index is 9.95. The van der Waals surface area contributed by atoms with E-state index in [1.54, 1.807) is 7.05 Å².